The Morgan fingerprint density at radius 1 is 1.25 bits per heavy atom. The highest BCUT2D eigenvalue weighted by molar-refractivity contribution is 5.79. The first-order valence-corrected chi connectivity index (χ1v) is 7.53. The van der Waals surface area contributed by atoms with Gasteiger partial charge in [0.1, 0.15) is 12.4 Å². The van der Waals surface area contributed by atoms with Gasteiger partial charge in [-0.2, -0.15) is 0 Å². The van der Waals surface area contributed by atoms with Crippen LogP contribution in [-0.4, -0.2) is 15.5 Å². The predicted molar refractivity (Wildman–Crippen MR) is 89.0 cm³/mol. The number of hydrogen-bond acceptors (Lipinski definition) is 3. The summed E-state index contributed by atoms with van der Waals surface area (Å²) in [7, 11) is 0. The second-order valence-electron chi connectivity index (χ2n) is 5.54. The molecule has 0 aliphatic heterocycles. The molecule has 0 radical (unpaired) electrons. The van der Waals surface area contributed by atoms with Crippen LogP contribution in [-0.2, 0) is 11.3 Å². The topological polar surface area (TPSA) is 64.0 Å². The molecule has 0 fully saturated rings. The number of hydrogen-bond donors (Lipinski definition) is 1. The van der Waals surface area contributed by atoms with Crippen LogP contribution in [0.1, 0.15) is 18.5 Å². The van der Waals surface area contributed by atoms with Crippen LogP contribution in [0, 0.1) is 5.82 Å². The van der Waals surface area contributed by atoms with E-state index in [9.17, 15) is 14.0 Å². The molecule has 122 valence electrons. The Bertz CT molecular complexity index is 938. The minimum Gasteiger partial charge on any atom is -0.348 e. The highest BCUT2D eigenvalue weighted by Gasteiger charge is 2.12. The normalized spacial score (nSPS) is 12.1. The first-order chi connectivity index (χ1) is 11.5. The Kier molecular flexibility index (Phi) is 4.37. The van der Waals surface area contributed by atoms with Crippen molar-refractivity contribution >= 4 is 16.8 Å². The minimum absolute atomic E-state index is 0.143. The van der Waals surface area contributed by atoms with Gasteiger partial charge in [-0.3, -0.25) is 14.2 Å². The molecule has 3 rings (SSSR count). The molecule has 2 aromatic carbocycles. The lowest BCUT2D eigenvalue weighted by molar-refractivity contribution is -0.122. The fourth-order valence-electron chi connectivity index (χ4n) is 2.51. The molecule has 0 spiro atoms. The monoisotopic (exact) mass is 325 g/mol. The summed E-state index contributed by atoms with van der Waals surface area (Å²) in [6.45, 7) is 1.73. The molecule has 1 N–H and O–H groups in total. The minimum atomic E-state index is -0.457. The molecule has 0 saturated carbocycles. The Labute approximate surface area is 137 Å². The smallest absolute Gasteiger partial charge is 0.261 e. The van der Waals surface area contributed by atoms with Crippen LogP contribution in [0.2, 0.25) is 0 Å². The third kappa shape index (κ3) is 3.32. The van der Waals surface area contributed by atoms with Gasteiger partial charge < -0.3 is 5.32 Å². The van der Waals surface area contributed by atoms with Gasteiger partial charge in [-0.05, 0) is 24.6 Å². The number of carbonyl (C=O) groups is 1. The lowest BCUT2D eigenvalue weighted by Crippen LogP contribution is -2.34. The summed E-state index contributed by atoms with van der Waals surface area (Å²) in [5.74, 6) is -0.752. The predicted octanol–water partition coefficient (Wildman–Crippen LogP) is 2.41. The molecule has 0 aliphatic rings. The number of nitrogens with one attached hydrogen (secondary N) is 1. The SMILES string of the molecule is CC(NC(=O)Cn1cnc2cc(F)ccc2c1=O)c1ccccc1. The van der Waals surface area contributed by atoms with Crippen LogP contribution >= 0.6 is 0 Å². The first kappa shape index (κ1) is 15.9. The van der Waals surface area contributed by atoms with Crippen LogP contribution in [0.3, 0.4) is 0 Å². The molecule has 1 heterocycles. The van der Waals surface area contributed by atoms with Gasteiger partial charge in [-0.15, -0.1) is 0 Å². The van der Waals surface area contributed by atoms with Crippen LogP contribution in [0.5, 0.6) is 0 Å². The van der Waals surface area contributed by atoms with Crippen molar-refractivity contribution in [3.8, 4) is 0 Å². The van der Waals surface area contributed by atoms with Crippen molar-refractivity contribution in [3.05, 3.63) is 76.6 Å². The van der Waals surface area contributed by atoms with Crippen molar-refractivity contribution < 1.29 is 9.18 Å². The molecule has 5 nitrogen and oxygen atoms in total. The molecule has 1 unspecified atom stereocenters. The maximum Gasteiger partial charge on any atom is 0.261 e. The summed E-state index contributed by atoms with van der Waals surface area (Å²) < 4.78 is 14.4. The molecule has 0 saturated heterocycles. The first-order valence-electron chi connectivity index (χ1n) is 7.53. The van der Waals surface area contributed by atoms with Crippen molar-refractivity contribution in [2.45, 2.75) is 19.5 Å². The summed E-state index contributed by atoms with van der Waals surface area (Å²) in [5, 5.41) is 3.12. The van der Waals surface area contributed by atoms with E-state index in [0.29, 0.717) is 0 Å². The zero-order valence-electron chi connectivity index (χ0n) is 13.1. The molecule has 1 aromatic heterocycles. The van der Waals surface area contributed by atoms with Crippen LogP contribution in [0.4, 0.5) is 4.39 Å². The lowest BCUT2D eigenvalue weighted by atomic mass is 10.1. The quantitative estimate of drug-likeness (QED) is 0.801. The number of amides is 1. The molecule has 0 aliphatic carbocycles. The van der Waals surface area contributed by atoms with Crippen LogP contribution in [0.15, 0.2) is 59.7 Å². The zero-order chi connectivity index (χ0) is 17.1. The number of benzene rings is 2. The third-order valence-electron chi connectivity index (χ3n) is 3.78. The Morgan fingerprint density at radius 2 is 2.00 bits per heavy atom. The second-order valence-corrected chi connectivity index (χ2v) is 5.54. The number of halogens is 1. The van der Waals surface area contributed by atoms with Crippen LogP contribution in [0.25, 0.3) is 10.9 Å². The molecular weight excluding hydrogens is 309 g/mol. The van der Waals surface area contributed by atoms with Crippen molar-refractivity contribution in [2.24, 2.45) is 0 Å². The summed E-state index contributed by atoms with van der Waals surface area (Å²) >= 11 is 0. The summed E-state index contributed by atoms with van der Waals surface area (Å²) in [4.78, 5) is 28.6. The summed E-state index contributed by atoms with van der Waals surface area (Å²) in [5.41, 5.74) is 0.877. The van der Waals surface area contributed by atoms with Crippen molar-refractivity contribution in [1.29, 1.82) is 0 Å². The van der Waals surface area contributed by atoms with E-state index in [1.165, 1.54) is 29.1 Å². The van der Waals surface area contributed by atoms with Gasteiger partial charge in [0, 0.05) is 6.07 Å². The van der Waals surface area contributed by atoms with Gasteiger partial charge in [0.25, 0.3) is 5.56 Å². The molecular formula is C18H16FN3O2. The van der Waals surface area contributed by atoms with Crippen molar-refractivity contribution in [2.75, 3.05) is 0 Å². The molecule has 1 atom stereocenters. The van der Waals surface area contributed by atoms with Crippen LogP contribution < -0.4 is 10.9 Å². The maximum atomic E-state index is 13.2. The maximum absolute atomic E-state index is 13.2. The number of fused-ring (bicyclic) bond motifs is 1. The Morgan fingerprint density at radius 3 is 2.75 bits per heavy atom. The van der Waals surface area contributed by atoms with Gasteiger partial charge in [0.05, 0.1) is 23.3 Å². The van der Waals surface area contributed by atoms with Gasteiger partial charge in [-0.1, -0.05) is 30.3 Å². The van der Waals surface area contributed by atoms with E-state index < -0.39 is 5.82 Å². The number of carbonyl (C=O) groups excluding carboxylic acids is 1. The van der Waals surface area contributed by atoms with E-state index in [1.54, 1.807) is 0 Å². The number of aromatic nitrogens is 2. The van der Waals surface area contributed by atoms with E-state index >= 15 is 0 Å². The fraction of sp³-hybridized carbons (Fsp3) is 0.167. The average molecular weight is 325 g/mol. The fourth-order valence-corrected chi connectivity index (χ4v) is 2.51. The molecule has 0 bridgehead atoms. The lowest BCUT2D eigenvalue weighted by Gasteiger charge is -2.15. The van der Waals surface area contributed by atoms with Crippen molar-refractivity contribution in [1.82, 2.24) is 14.9 Å². The molecule has 24 heavy (non-hydrogen) atoms. The van der Waals surface area contributed by atoms with Gasteiger partial charge in [-0.25, -0.2) is 9.37 Å². The van der Waals surface area contributed by atoms with Gasteiger partial charge in [0.2, 0.25) is 5.91 Å². The largest absolute Gasteiger partial charge is 0.348 e. The number of nitrogens with zero attached hydrogens (tertiary/aromatic N) is 2. The molecule has 6 heteroatoms. The van der Waals surface area contributed by atoms with E-state index in [0.717, 1.165) is 5.56 Å². The van der Waals surface area contributed by atoms with E-state index in [2.05, 4.69) is 10.3 Å². The summed E-state index contributed by atoms with van der Waals surface area (Å²) in [6.07, 6.45) is 1.26. The van der Waals surface area contributed by atoms with E-state index in [4.69, 9.17) is 0 Å². The Balaban J connectivity index is 1.77. The highest BCUT2D eigenvalue weighted by Crippen LogP contribution is 2.11. The molecule has 1 amide bonds. The second kappa shape index (κ2) is 6.62. The average Bonchev–Trinajstić information content (AvgIpc) is 2.58. The number of rotatable bonds is 4. The molecule has 3 aromatic rings. The zero-order valence-corrected chi connectivity index (χ0v) is 13.1. The van der Waals surface area contributed by atoms with Gasteiger partial charge in [0.15, 0.2) is 0 Å². The summed E-state index contributed by atoms with van der Waals surface area (Å²) in [6, 6.07) is 13.1. The highest BCUT2D eigenvalue weighted by atomic mass is 19.1. The third-order valence-corrected chi connectivity index (χ3v) is 3.78. The van der Waals surface area contributed by atoms with E-state index in [-0.39, 0.29) is 35.0 Å². The van der Waals surface area contributed by atoms with E-state index in [1.807, 2.05) is 37.3 Å². The standard InChI is InChI=1S/C18H16FN3O2/c1-12(13-5-3-2-4-6-13)21-17(23)10-22-11-20-16-9-14(19)7-8-15(16)18(22)24/h2-9,11-12H,10H2,1H3,(H,21,23). The van der Waals surface area contributed by atoms with Crippen molar-refractivity contribution in [3.63, 3.8) is 0 Å². The Hall–Kier alpha value is -3.02. The van der Waals surface area contributed by atoms with Gasteiger partial charge >= 0.3 is 0 Å².